The maximum Gasteiger partial charge on any atom is 0.265 e. The molecule has 1 fully saturated rings. The Balaban J connectivity index is 1.82. The molecule has 0 bridgehead atoms. The Labute approximate surface area is 140 Å². The van der Waals surface area contributed by atoms with E-state index in [9.17, 15) is 9.18 Å². The van der Waals surface area contributed by atoms with Crippen LogP contribution in [0.2, 0.25) is 0 Å². The molecule has 0 radical (unpaired) electrons. The van der Waals surface area contributed by atoms with E-state index in [1.54, 1.807) is 12.1 Å². The summed E-state index contributed by atoms with van der Waals surface area (Å²) in [5.41, 5.74) is 1.60. The van der Waals surface area contributed by atoms with Crippen LogP contribution < -0.4 is 0 Å². The third-order valence-corrected chi connectivity index (χ3v) is 5.72. The number of rotatable bonds is 3. The molecule has 3 rings (SSSR count). The predicted octanol–water partition coefficient (Wildman–Crippen LogP) is 4.66. The predicted molar refractivity (Wildman–Crippen MR) is 91.2 cm³/mol. The SMILES string of the molecule is Cc1nc(-c2ccc(F)cc2)sc1C(=O)N(C)C1CCCCC1. The summed E-state index contributed by atoms with van der Waals surface area (Å²) in [4.78, 5) is 19.9. The van der Waals surface area contributed by atoms with E-state index in [1.807, 2.05) is 18.9 Å². The standard InChI is InChI=1S/C18H21FN2OS/c1-12-16(18(22)21(2)15-6-4-3-5-7-15)23-17(20-12)13-8-10-14(19)11-9-13/h8-11,15H,3-7H2,1-2H3. The number of hydrogen-bond acceptors (Lipinski definition) is 3. The molecule has 0 N–H and O–H groups in total. The first-order valence-electron chi connectivity index (χ1n) is 8.07. The van der Waals surface area contributed by atoms with Crippen molar-refractivity contribution in [3.05, 3.63) is 40.7 Å². The molecule has 0 unspecified atom stereocenters. The molecule has 0 atom stereocenters. The molecule has 1 heterocycles. The summed E-state index contributed by atoms with van der Waals surface area (Å²) in [6.45, 7) is 1.87. The van der Waals surface area contributed by atoms with Crippen LogP contribution in [-0.2, 0) is 0 Å². The molecule has 1 aliphatic rings. The van der Waals surface area contributed by atoms with Gasteiger partial charge in [0, 0.05) is 18.7 Å². The maximum atomic E-state index is 13.0. The number of aryl methyl sites for hydroxylation is 1. The number of thiazole rings is 1. The first-order chi connectivity index (χ1) is 11.1. The Morgan fingerprint density at radius 1 is 1.22 bits per heavy atom. The molecule has 1 aromatic heterocycles. The van der Waals surface area contributed by atoms with Gasteiger partial charge in [-0.3, -0.25) is 4.79 Å². The molecule has 0 spiro atoms. The minimum Gasteiger partial charge on any atom is -0.338 e. The van der Waals surface area contributed by atoms with Crippen molar-refractivity contribution < 1.29 is 9.18 Å². The van der Waals surface area contributed by atoms with E-state index in [1.165, 1.54) is 42.7 Å². The Morgan fingerprint density at radius 2 is 1.87 bits per heavy atom. The first-order valence-corrected chi connectivity index (χ1v) is 8.88. The largest absolute Gasteiger partial charge is 0.338 e. The molecule has 5 heteroatoms. The number of hydrogen-bond donors (Lipinski definition) is 0. The summed E-state index contributed by atoms with van der Waals surface area (Å²) in [6, 6.07) is 6.58. The van der Waals surface area contributed by atoms with Gasteiger partial charge in [-0.15, -0.1) is 11.3 Å². The minimum atomic E-state index is -0.268. The second-order valence-corrected chi connectivity index (χ2v) is 7.15. The molecule has 3 nitrogen and oxygen atoms in total. The number of amides is 1. The van der Waals surface area contributed by atoms with Crippen LogP contribution in [0.5, 0.6) is 0 Å². The van der Waals surface area contributed by atoms with E-state index in [0.29, 0.717) is 10.9 Å². The number of aromatic nitrogens is 1. The van der Waals surface area contributed by atoms with Crippen LogP contribution in [0.25, 0.3) is 10.6 Å². The highest BCUT2D eigenvalue weighted by atomic mass is 32.1. The molecular weight excluding hydrogens is 311 g/mol. The quantitative estimate of drug-likeness (QED) is 0.819. The van der Waals surface area contributed by atoms with E-state index < -0.39 is 0 Å². The van der Waals surface area contributed by atoms with Gasteiger partial charge in [0.05, 0.1) is 5.69 Å². The molecule has 2 aromatic rings. The van der Waals surface area contributed by atoms with Crippen LogP contribution in [0.15, 0.2) is 24.3 Å². The lowest BCUT2D eigenvalue weighted by molar-refractivity contribution is 0.0700. The first kappa shape index (κ1) is 16.1. The van der Waals surface area contributed by atoms with Crippen molar-refractivity contribution in [3.8, 4) is 10.6 Å². The lowest BCUT2D eigenvalue weighted by Gasteiger charge is -2.31. The van der Waals surface area contributed by atoms with Gasteiger partial charge in [0.1, 0.15) is 15.7 Å². The summed E-state index contributed by atoms with van der Waals surface area (Å²) in [7, 11) is 1.90. The van der Waals surface area contributed by atoms with E-state index in [4.69, 9.17) is 0 Å². The highest BCUT2D eigenvalue weighted by Gasteiger charge is 2.26. The van der Waals surface area contributed by atoms with Crippen LogP contribution in [0.3, 0.4) is 0 Å². The van der Waals surface area contributed by atoms with Crippen molar-refractivity contribution in [3.63, 3.8) is 0 Å². The van der Waals surface area contributed by atoms with Crippen LogP contribution in [-0.4, -0.2) is 28.9 Å². The van der Waals surface area contributed by atoms with Crippen molar-refractivity contribution in [1.29, 1.82) is 0 Å². The van der Waals surface area contributed by atoms with Crippen LogP contribution in [0.1, 0.15) is 47.5 Å². The van der Waals surface area contributed by atoms with Crippen molar-refractivity contribution in [2.45, 2.75) is 45.1 Å². The molecule has 23 heavy (non-hydrogen) atoms. The molecule has 1 aromatic carbocycles. The highest BCUT2D eigenvalue weighted by molar-refractivity contribution is 7.17. The molecule has 1 saturated carbocycles. The highest BCUT2D eigenvalue weighted by Crippen LogP contribution is 2.30. The third kappa shape index (κ3) is 3.44. The van der Waals surface area contributed by atoms with Gasteiger partial charge in [0.25, 0.3) is 5.91 Å². The fourth-order valence-corrected chi connectivity index (χ4v) is 4.16. The molecule has 122 valence electrons. The smallest absolute Gasteiger partial charge is 0.265 e. The third-order valence-electron chi connectivity index (χ3n) is 4.52. The lowest BCUT2D eigenvalue weighted by atomic mass is 9.94. The number of carbonyl (C=O) groups is 1. The molecule has 0 saturated heterocycles. The summed E-state index contributed by atoms with van der Waals surface area (Å²) in [5, 5.41) is 0.767. The normalized spacial score (nSPS) is 15.6. The van der Waals surface area contributed by atoms with Crippen molar-refractivity contribution in [1.82, 2.24) is 9.88 Å². The molecule has 0 aliphatic heterocycles. The van der Waals surface area contributed by atoms with E-state index in [0.717, 1.165) is 29.1 Å². The summed E-state index contributed by atoms with van der Waals surface area (Å²) >= 11 is 1.39. The van der Waals surface area contributed by atoms with Crippen molar-refractivity contribution in [2.24, 2.45) is 0 Å². The van der Waals surface area contributed by atoms with Crippen molar-refractivity contribution >= 4 is 17.2 Å². The van der Waals surface area contributed by atoms with Gasteiger partial charge < -0.3 is 4.90 Å². The number of nitrogens with zero attached hydrogens (tertiary/aromatic N) is 2. The number of halogens is 1. The van der Waals surface area contributed by atoms with Gasteiger partial charge in [-0.2, -0.15) is 0 Å². The maximum absolute atomic E-state index is 13.0. The Hall–Kier alpha value is -1.75. The fraction of sp³-hybridized carbons (Fsp3) is 0.444. The monoisotopic (exact) mass is 332 g/mol. The minimum absolute atomic E-state index is 0.0558. The zero-order valence-corrected chi connectivity index (χ0v) is 14.3. The van der Waals surface area contributed by atoms with E-state index in [-0.39, 0.29) is 11.7 Å². The summed E-state index contributed by atoms with van der Waals surface area (Å²) in [5.74, 6) is -0.212. The Kier molecular flexibility index (Phi) is 4.76. The number of carbonyl (C=O) groups excluding carboxylic acids is 1. The van der Waals surface area contributed by atoms with Gasteiger partial charge in [-0.25, -0.2) is 9.37 Å². The Morgan fingerprint density at radius 3 is 2.52 bits per heavy atom. The van der Waals surface area contributed by atoms with Gasteiger partial charge in [-0.1, -0.05) is 19.3 Å². The topological polar surface area (TPSA) is 33.2 Å². The van der Waals surface area contributed by atoms with Crippen LogP contribution in [0, 0.1) is 12.7 Å². The van der Waals surface area contributed by atoms with Crippen LogP contribution >= 0.6 is 11.3 Å². The zero-order valence-electron chi connectivity index (χ0n) is 13.5. The summed E-state index contributed by atoms with van der Waals surface area (Å²) < 4.78 is 13.0. The second kappa shape index (κ2) is 6.79. The fourth-order valence-electron chi connectivity index (χ4n) is 3.11. The van der Waals surface area contributed by atoms with Gasteiger partial charge in [0.2, 0.25) is 0 Å². The van der Waals surface area contributed by atoms with E-state index >= 15 is 0 Å². The van der Waals surface area contributed by atoms with Gasteiger partial charge in [0.15, 0.2) is 0 Å². The van der Waals surface area contributed by atoms with Crippen molar-refractivity contribution in [2.75, 3.05) is 7.05 Å². The summed E-state index contributed by atoms with van der Waals surface area (Å²) in [6.07, 6.45) is 5.85. The van der Waals surface area contributed by atoms with E-state index in [2.05, 4.69) is 4.98 Å². The zero-order chi connectivity index (χ0) is 16.4. The molecular formula is C18H21FN2OS. The lowest BCUT2D eigenvalue weighted by Crippen LogP contribution is -2.38. The molecule has 1 amide bonds. The Bertz CT molecular complexity index is 690. The average Bonchev–Trinajstić information content (AvgIpc) is 2.96. The average molecular weight is 332 g/mol. The van der Waals surface area contributed by atoms with Gasteiger partial charge in [-0.05, 0) is 44.0 Å². The van der Waals surface area contributed by atoms with Crippen LogP contribution in [0.4, 0.5) is 4.39 Å². The van der Waals surface area contributed by atoms with Gasteiger partial charge >= 0.3 is 0 Å². The second-order valence-electron chi connectivity index (χ2n) is 6.15. The number of benzene rings is 1. The molecule has 1 aliphatic carbocycles.